The van der Waals surface area contributed by atoms with Crippen molar-refractivity contribution in [2.24, 2.45) is 11.8 Å². The molecule has 8 heteroatoms. The number of anilines is 1. The summed E-state index contributed by atoms with van der Waals surface area (Å²) in [5.41, 5.74) is 8.59. The second kappa shape index (κ2) is 11.3. The summed E-state index contributed by atoms with van der Waals surface area (Å²) in [4.78, 5) is 4.08. The zero-order chi connectivity index (χ0) is 26.8. The second-order valence-electron chi connectivity index (χ2n) is 10.7. The van der Waals surface area contributed by atoms with Crippen LogP contribution < -0.4 is 24.7 Å². The van der Waals surface area contributed by atoms with Gasteiger partial charge < -0.3 is 34.5 Å². The van der Waals surface area contributed by atoms with Gasteiger partial charge in [-0.3, -0.25) is 0 Å². The van der Waals surface area contributed by atoms with Crippen LogP contribution in [0.15, 0.2) is 54.7 Å². The highest BCUT2D eigenvalue weighted by atomic mass is 16.5. The first kappa shape index (κ1) is 25.8. The maximum atomic E-state index is 11.7. The van der Waals surface area contributed by atoms with Crippen molar-refractivity contribution in [3.05, 3.63) is 71.4 Å². The van der Waals surface area contributed by atoms with Crippen molar-refractivity contribution < 1.29 is 28.8 Å². The molecule has 8 nitrogen and oxygen atoms in total. The van der Waals surface area contributed by atoms with Gasteiger partial charge in [0.1, 0.15) is 28.8 Å². The Morgan fingerprint density at radius 3 is 2.41 bits per heavy atom. The zero-order valence-corrected chi connectivity index (χ0v) is 22.3. The van der Waals surface area contributed by atoms with Crippen LogP contribution in [0.2, 0.25) is 0 Å². The summed E-state index contributed by atoms with van der Waals surface area (Å²) in [5.74, 6) is 3.09. The number of pyridine rings is 1. The third-order valence-corrected chi connectivity index (χ3v) is 8.17. The molecular formula is C31H36N2O6. The third kappa shape index (κ3) is 5.49. The monoisotopic (exact) mass is 532 g/mol. The largest absolute Gasteiger partial charge is 0.497 e. The van der Waals surface area contributed by atoms with Gasteiger partial charge in [-0.05, 0) is 86.2 Å². The van der Waals surface area contributed by atoms with Gasteiger partial charge in [0.15, 0.2) is 0 Å². The van der Waals surface area contributed by atoms with E-state index in [-0.39, 0.29) is 24.0 Å². The number of nitrogens with zero attached hydrogens (tertiary/aromatic N) is 1. The number of aliphatic hydroxyl groups excluding tert-OH is 1. The van der Waals surface area contributed by atoms with Crippen LogP contribution in [-0.4, -0.2) is 43.1 Å². The average molecular weight is 533 g/mol. The van der Waals surface area contributed by atoms with Crippen LogP contribution in [0.4, 0.5) is 5.82 Å². The first-order valence-corrected chi connectivity index (χ1v) is 13.8. The Labute approximate surface area is 229 Å². The van der Waals surface area contributed by atoms with Gasteiger partial charge in [0.05, 0.1) is 45.2 Å². The minimum atomic E-state index is -0.743. The Hall–Kier alpha value is -3.49. The molecule has 3 heterocycles. The quantitative estimate of drug-likeness (QED) is 0.416. The predicted molar refractivity (Wildman–Crippen MR) is 146 cm³/mol. The molecule has 0 bridgehead atoms. The SMILES string of the molecule is COc1ccc2c(c1)C(OCCc1ccnc(N)c1)C(C1COc3ccc(OC4CCCC4)cc3C1O)CO2. The number of hydrogen-bond acceptors (Lipinski definition) is 8. The van der Waals surface area contributed by atoms with Gasteiger partial charge in [0, 0.05) is 29.2 Å². The first-order chi connectivity index (χ1) is 19.1. The number of benzene rings is 2. The highest BCUT2D eigenvalue weighted by molar-refractivity contribution is 5.45. The van der Waals surface area contributed by atoms with Crippen molar-refractivity contribution in [2.75, 3.05) is 32.7 Å². The molecule has 4 unspecified atom stereocenters. The molecule has 6 rings (SSSR count). The van der Waals surface area contributed by atoms with Crippen LogP contribution in [0.1, 0.15) is 54.6 Å². The molecule has 206 valence electrons. The molecule has 2 aromatic carbocycles. The molecule has 3 aliphatic rings. The fourth-order valence-corrected chi connectivity index (χ4v) is 6.05. The molecular weight excluding hydrogens is 496 g/mol. The standard InChI is InChI=1S/C31H36N2O6/c1-35-21-6-8-28-24(15-21)31(36-13-11-19-10-12-33-29(32)14-19)26(18-38-28)25-17-37-27-9-7-22(16-23(27)30(25)34)39-20-4-2-3-5-20/h6-10,12,14-16,20,25-26,30-31,34H,2-5,11,13,17-18H2,1H3,(H2,32,33). The summed E-state index contributed by atoms with van der Waals surface area (Å²) >= 11 is 0. The molecule has 3 aromatic rings. The number of aliphatic hydroxyl groups is 1. The Bertz CT molecular complexity index is 1290. The number of rotatable bonds is 8. The molecule has 4 atom stereocenters. The average Bonchev–Trinajstić information content (AvgIpc) is 3.47. The number of hydrogen-bond donors (Lipinski definition) is 2. The maximum absolute atomic E-state index is 11.7. The van der Waals surface area contributed by atoms with Crippen LogP contribution in [0.25, 0.3) is 0 Å². The number of fused-ring (bicyclic) bond motifs is 2. The van der Waals surface area contributed by atoms with E-state index < -0.39 is 6.10 Å². The lowest BCUT2D eigenvalue weighted by molar-refractivity contribution is -0.0833. The van der Waals surface area contributed by atoms with E-state index in [0.29, 0.717) is 37.8 Å². The molecule has 39 heavy (non-hydrogen) atoms. The molecule has 1 aromatic heterocycles. The highest BCUT2D eigenvalue weighted by Crippen LogP contribution is 2.48. The van der Waals surface area contributed by atoms with Crippen LogP contribution in [-0.2, 0) is 11.2 Å². The molecule has 1 saturated carbocycles. The van der Waals surface area contributed by atoms with Gasteiger partial charge in [0.25, 0.3) is 0 Å². The van der Waals surface area contributed by atoms with Crippen molar-refractivity contribution in [3.8, 4) is 23.0 Å². The topological polar surface area (TPSA) is 105 Å². The van der Waals surface area contributed by atoms with E-state index in [1.807, 2.05) is 48.5 Å². The molecule has 2 aliphatic heterocycles. The molecule has 3 N–H and O–H groups in total. The van der Waals surface area contributed by atoms with Gasteiger partial charge in [-0.15, -0.1) is 0 Å². The normalized spacial score (nSPS) is 24.3. The summed E-state index contributed by atoms with van der Waals surface area (Å²) in [6.07, 6.45) is 6.13. The third-order valence-electron chi connectivity index (χ3n) is 8.17. The van der Waals surface area contributed by atoms with Crippen LogP contribution >= 0.6 is 0 Å². The number of nitrogens with two attached hydrogens (primary N) is 1. The summed E-state index contributed by atoms with van der Waals surface area (Å²) in [7, 11) is 1.65. The molecule has 1 aliphatic carbocycles. The predicted octanol–water partition coefficient (Wildman–Crippen LogP) is 5.05. The Kier molecular flexibility index (Phi) is 7.48. The molecule has 0 saturated heterocycles. The van der Waals surface area contributed by atoms with Crippen molar-refractivity contribution >= 4 is 5.82 Å². The van der Waals surface area contributed by atoms with Crippen LogP contribution in [0.3, 0.4) is 0 Å². The van der Waals surface area contributed by atoms with E-state index in [1.165, 1.54) is 12.8 Å². The Morgan fingerprint density at radius 2 is 1.64 bits per heavy atom. The summed E-state index contributed by atoms with van der Waals surface area (Å²) in [5, 5.41) is 11.7. The molecule has 0 amide bonds. The number of nitrogen functional groups attached to an aromatic ring is 1. The van der Waals surface area contributed by atoms with E-state index >= 15 is 0 Å². The van der Waals surface area contributed by atoms with Crippen molar-refractivity contribution in [3.63, 3.8) is 0 Å². The lowest BCUT2D eigenvalue weighted by Crippen LogP contribution is -2.41. The highest BCUT2D eigenvalue weighted by Gasteiger charge is 2.43. The molecule has 0 spiro atoms. The number of methoxy groups -OCH3 is 1. The molecule has 0 radical (unpaired) electrons. The van der Waals surface area contributed by atoms with E-state index in [0.717, 1.165) is 46.8 Å². The maximum Gasteiger partial charge on any atom is 0.125 e. The van der Waals surface area contributed by atoms with E-state index in [2.05, 4.69) is 4.98 Å². The summed E-state index contributed by atoms with van der Waals surface area (Å²) in [6.45, 7) is 1.25. The number of ether oxygens (including phenoxy) is 5. The minimum Gasteiger partial charge on any atom is -0.497 e. The van der Waals surface area contributed by atoms with E-state index in [1.54, 1.807) is 13.3 Å². The second-order valence-corrected chi connectivity index (χ2v) is 10.7. The van der Waals surface area contributed by atoms with Gasteiger partial charge in [-0.1, -0.05) is 0 Å². The smallest absolute Gasteiger partial charge is 0.125 e. The lowest BCUT2D eigenvalue weighted by atomic mass is 9.77. The van der Waals surface area contributed by atoms with Gasteiger partial charge in [-0.2, -0.15) is 0 Å². The summed E-state index contributed by atoms with van der Waals surface area (Å²) < 4.78 is 30.7. The lowest BCUT2D eigenvalue weighted by Gasteiger charge is -2.42. The Balaban J connectivity index is 1.25. The van der Waals surface area contributed by atoms with E-state index in [4.69, 9.17) is 29.4 Å². The fraction of sp³-hybridized carbons (Fsp3) is 0.452. The van der Waals surface area contributed by atoms with Crippen LogP contribution in [0, 0.1) is 11.8 Å². The Morgan fingerprint density at radius 1 is 0.923 bits per heavy atom. The minimum absolute atomic E-state index is 0.144. The zero-order valence-electron chi connectivity index (χ0n) is 22.3. The van der Waals surface area contributed by atoms with Crippen molar-refractivity contribution in [2.45, 2.75) is 50.4 Å². The van der Waals surface area contributed by atoms with Crippen molar-refractivity contribution in [1.29, 1.82) is 0 Å². The molecule has 1 fully saturated rings. The van der Waals surface area contributed by atoms with E-state index in [9.17, 15) is 5.11 Å². The van der Waals surface area contributed by atoms with Gasteiger partial charge in [0.2, 0.25) is 0 Å². The van der Waals surface area contributed by atoms with Gasteiger partial charge in [-0.25, -0.2) is 4.98 Å². The van der Waals surface area contributed by atoms with Gasteiger partial charge >= 0.3 is 0 Å². The summed E-state index contributed by atoms with van der Waals surface area (Å²) in [6, 6.07) is 15.4. The first-order valence-electron chi connectivity index (χ1n) is 13.8. The van der Waals surface area contributed by atoms with Crippen LogP contribution in [0.5, 0.6) is 23.0 Å². The fourth-order valence-electron chi connectivity index (χ4n) is 6.05. The van der Waals surface area contributed by atoms with Crippen molar-refractivity contribution in [1.82, 2.24) is 4.98 Å². The number of aromatic nitrogens is 1.